The maximum absolute atomic E-state index is 12.8. The van der Waals surface area contributed by atoms with Gasteiger partial charge in [-0.05, 0) is 54.5 Å². The summed E-state index contributed by atoms with van der Waals surface area (Å²) in [5, 5.41) is 6.14. The van der Waals surface area contributed by atoms with Crippen molar-refractivity contribution in [1.29, 1.82) is 0 Å². The van der Waals surface area contributed by atoms with Crippen molar-refractivity contribution in [3.05, 3.63) is 74.6 Å². The van der Waals surface area contributed by atoms with Crippen molar-refractivity contribution in [3.8, 4) is 5.69 Å². The third-order valence-corrected chi connectivity index (χ3v) is 5.90. The number of rotatable bonds is 5. The highest BCUT2D eigenvalue weighted by atomic mass is 35.5. The lowest BCUT2D eigenvalue weighted by atomic mass is 10.2. The minimum Gasteiger partial charge on any atom is -0.306 e. The van der Waals surface area contributed by atoms with Crippen molar-refractivity contribution in [1.82, 2.24) is 20.0 Å². The highest BCUT2D eigenvalue weighted by molar-refractivity contribution is 7.12. The molecule has 2 N–H and O–H groups in total. The fourth-order valence-corrected chi connectivity index (χ4v) is 3.85. The van der Waals surface area contributed by atoms with Crippen molar-refractivity contribution in [2.45, 2.75) is 12.8 Å². The van der Waals surface area contributed by atoms with Gasteiger partial charge in [0.15, 0.2) is 0 Å². The summed E-state index contributed by atoms with van der Waals surface area (Å²) in [6, 6.07) is 8.00. The van der Waals surface area contributed by atoms with Crippen molar-refractivity contribution in [2.24, 2.45) is 5.92 Å². The van der Waals surface area contributed by atoms with E-state index in [9.17, 15) is 14.4 Å². The molecule has 1 aliphatic carbocycles. The number of hydrogen-bond donors (Lipinski definition) is 2. The molecule has 0 atom stereocenters. The van der Waals surface area contributed by atoms with E-state index in [1.165, 1.54) is 33.3 Å². The molecule has 1 fully saturated rings. The van der Waals surface area contributed by atoms with E-state index in [1.54, 1.807) is 41.9 Å². The lowest BCUT2D eigenvalue weighted by Crippen LogP contribution is -2.49. The molecule has 154 valence electrons. The van der Waals surface area contributed by atoms with Crippen molar-refractivity contribution in [2.75, 3.05) is 11.9 Å². The van der Waals surface area contributed by atoms with Crippen molar-refractivity contribution in [3.63, 3.8) is 0 Å². The van der Waals surface area contributed by atoms with Gasteiger partial charge in [-0.3, -0.25) is 24.6 Å². The molecule has 1 aromatic carbocycles. The number of hydrazine groups is 1. The first kappa shape index (κ1) is 20.1. The second-order valence-corrected chi connectivity index (χ2v) is 8.18. The molecule has 30 heavy (non-hydrogen) atoms. The number of carbonyl (C=O) groups excluding carboxylic acids is 2. The zero-order chi connectivity index (χ0) is 21.1. The van der Waals surface area contributed by atoms with Gasteiger partial charge in [0.05, 0.1) is 11.2 Å². The van der Waals surface area contributed by atoms with Gasteiger partial charge in [0.25, 0.3) is 11.5 Å². The molecular formula is C20H18ClN5O3S. The maximum atomic E-state index is 12.8. The Bertz CT molecular complexity index is 1120. The third-order valence-electron chi connectivity index (χ3n) is 4.56. The number of hydrogen-bond acceptors (Lipinski definition) is 5. The third kappa shape index (κ3) is 4.69. The summed E-state index contributed by atoms with van der Waals surface area (Å²) in [4.78, 5) is 41.3. The first-order chi connectivity index (χ1) is 14.5. The van der Waals surface area contributed by atoms with Gasteiger partial charge in [-0.1, -0.05) is 11.6 Å². The minimum atomic E-state index is -0.447. The molecule has 1 saturated carbocycles. The lowest BCUT2D eigenvalue weighted by Gasteiger charge is -2.23. The summed E-state index contributed by atoms with van der Waals surface area (Å²) in [7, 11) is 0. The number of nitrogens with zero attached hydrogens (tertiary/aromatic N) is 3. The van der Waals surface area contributed by atoms with Gasteiger partial charge in [0.1, 0.15) is 4.88 Å². The van der Waals surface area contributed by atoms with E-state index in [2.05, 4.69) is 15.7 Å². The van der Waals surface area contributed by atoms with Crippen LogP contribution >= 0.6 is 22.9 Å². The molecule has 0 aliphatic heterocycles. The molecule has 2 heterocycles. The molecular weight excluding hydrogens is 426 g/mol. The number of thiophene rings is 1. The predicted molar refractivity (Wildman–Crippen MR) is 115 cm³/mol. The normalized spacial score (nSPS) is 13.0. The van der Waals surface area contributed by atoms with Crippen LogP contribution in [0.25, 0.3) is 5.69 Å². The second kappa shape index (κ2) is 8.68. The van der Waals surface area contributed by atoms with Gasteiger partial charge >= 0.3 is 6.03 Å². The Morgan fingerprint density at radius 3 is 2.63 bits per heavy atom. The van der Waals surface area contributed by atoms with Crippen LogP contribution in [0.5, 0.6) is 0 Å². The Morgan fingerprint density at radius 2 is 2.00 bits per heavy atom. The molecule has 0 radical (unpaired) electrons. The fourth-order valence-electron chi connectivity index (χ4n) is 2.82. The van der Waals surface area contributed by atoms with Crippen LogP contribution in [0.2, 0.25) is 5.02 Å². The van der Waals surface area contributed by atoms with E-state index in [0.29, 0.717) is 33.7 Å². The van der Waals surface area contributed by atoms with Crippen LogP contribution in [-0.4, -0.2) is 33.0 Å². The average Bonchev–Trinajstić information content (AvgIpc) is 3.45. The van der Waals surface area contributed by atoms with Crippen LogP contribution in [0.15, 0.2) is 59.1 Å². The van der Waals surface area contributed by atoms with Gasteiger partial charge in [0, 0.05) is 30.3 Å². The Kier molecular flexibility index (Phi) is 5.82. The van der Waals surface area contributed by atoms with Crippen LogP contribution in [0.1, 0.15) is 22.5 Å². The minimum absolute atomic E-state index is 0.250. The number of carbonyl (C=O) groups is 2. The topological polar surface area (TPSA) is 96.3 Å². The van der Waals surface area contributed by atoms with E-state index >= 15 is 0 Å². The first-order valence-corrected chi connectivity index (χ1v) is 10.5. The zero-order valence-corrected chi connectivity index (χ0v) is 17.3. The number of amides is 3. The van der Waals surface area contributed by atoms with Gasteiger partial charge in [-0.15, -0.1) is 11.3 Å². The molecule has 3 aromatic rings. The summed E-state index contributed by atoms with van der Waals surface area (Å²) < 4.78 is 1.45. The molecule has 3 amide bonds. The zero-order valence-electron chi connectivity index (χ0n) is 15.7. The summed E-state index contributed by atoms with van der Waals surface area (Å²) >= 11 is 7.24. The number of urea groups is 1. The van der Waals surface area contributed by atoms with Crippen molar-refractivity contribution < 1.29 is 9.59 Å². The Morgan fingerprint density at radius 1 is 1.23 bits per heavy atom. The van der Waals surface area contributed by atoms with Crippen LogP contribution in [-0.2, 0) is 0 Å². The van der Waals surface area contributed by atoms with Gasteiger partial charge in [0.2, 0.25) is 0 Å². The predicted octanol–water partition coefficient (Wildman–Crippen LogP) is 3.54. The Labute approximate surface area is 181 Å². The molecule has 0 saturated heterocycles. The van der Waals surface area contributed by atoms with Crippen LogP contribution in [0.4, 0.5) is 10.5 Å². The molecule has 2 aromatic heterocycles. The van der Waals surface area contributed by atoms with E-state index in [0.717, 1.165) is 12.8 Å². The van der Waals surface area contributed by atoms with E-state index in [-0.39, 0.29) is 5.56 Å². The standard InChI is InChI=1S/C20H18ClN5O3S/c21-16-7-10-30-18(16)19(28)24-26(12-13-1-2-13)20(29)23-14-3-5-15(6-4-14)25-9-8-22-11-17(25)27/h3-11,13H,1-2,12H2,(H,23,29)(H,24,28). The fraction of sp³-hybridized carbons (Fsp3) is 0.200. The molecule has 0 spiro atoms. The smallest absolute Gasteiger partial charge is 0.306 e. The highest BCUT2D eigenvalue weighted by Crippen LogP contribution is 2.30. The van der Waals surface area contributed by atoms with Crippen molar-refractivity contribution >= 4 is 40.6 Å². The van der Waals surface area contributed by atoms with E-state index in [4.69, 9.17) is 11.6 Å². The number of aromatic nitrogens is 2. The van der Waals surface area contributed by atoms with Crippen LogP contribution < -0.4 is 16.3 Å². The molecule has 0 unspecified atom stereocenters. The number of anilines is 1. The number of nitrogens with one attached hydrogen (secondary N) is 2. The molecule has 0 bridgehead atoms. The van der Waals surface area contributed by atoms with Gasteiger partial charge < -0.3 is 5.32 Å². The SMILES string of the molecule is O=C(NN(CC1CC1)C(=O)Nc1ccc(-n2ccncc2=O)cc1)c1sccc1Cl. The monoisotopic (exact) mass is 443 g/mol. The number of halogens is 1. The van der Waals surface area contributed by atoms with Crippen LogP contribution in [0, 0.1) is 5.92 Å². The maximum Gasteiger partial charge on any atom is 0.340 e. The van der Waals surface area contributed by atoms with Gasteiger partial charge in [-0.2, -0.15) is 0 Å². The Hall–Kier alpha value is -3.17. The molecule has 10 heteroatoms. The number of benzene rings is 1. The Balaban J connectivity index is 1.45. The summed E-state index contributed by atoms with van der Waals surface area (Å²) in [6.07, 6.45) is 6.37. The quantitative estimate of drug-likeness (QED) is 0.589. The summed E-state index contributed by atoms with van der Waals surface area (Å²) in [5.41, 5.74) is 3.59. The summed E-state index contributed by atoms with van der Waals surface area (Å²) in [6.45, 7) is 0.422. The van der Waals surface area contributed by atoms with Gasteiger partial charge in [-0.25, -0.2) is 9.80 Å². The van der Waals surface area contributed by atoms with E-state index in [1.807, 2.05) is 0 Å². The second-order valence-electron chi connectivity index (χ2n) is 6.85. The van der Waals surface area contributed by atoms with E-state index < -0.39 is 11.9 Å². The highest BCUT2D eigenvalue weighted by Gasteiger charge is 2.29. The lowest BCUT2D eigenvalue weighted by molar-refractivity contribution is 0.0836. The molecule has 8 nitrogen and oxygen atoms in total. The van der Waals surface area contributed by atoms with Crippen LogP contribution in [0.3, 0.4) is 0 Å². The molecule has 4 rings (SSSR count). The first-order valence-electron chi connectivity index (χ1n) is 9.27. The summed E-state index contributed by atoms with van der Waals surface area (Å²) in [5.74, 6) is -0.0472. The molecule has 1 aliphatic rings. The average molecular weight is 444 g/mol. The largest absolute Gasteiger partial charge is 0.340 e.